The van der Waals surface area contributed by atoms with Crippen molar-refractivity contribution in [1.82, 2.24) is 14.9 Å². The van der Waals surface area contributed by atoms with Gasteiger partial charge in [0.2, 0.25) is 0 Å². The second-order valence-corrected chi connectivity index (χ2v) is 7.67. The summed E-state index contributed by atoms with van der Waals surface area (Å²) >= 11 is 0. The zero-order valence-electron chi connectivity index (χ0n) is 15.7. The van der Waals surface area contributed by atoms with Crippen LogP contribution in [0.1, 0.15) is 40.9 Å². The van der Waals surface area contributed by atoms with E-state index in [0.29, 0.717) is 17.5 Å². The molecule has 0 radical (unpaired) electrons. The topological polar surface area (TPSA) is 81.3 Å². The summed E-state index contributed by atoms with van der Waals surface area (Å²) in [5.74, 6) is 0.253. The standard InChI is InChI=1S/C21H26N4O2/c1-27-21(16-7-10-24-19(11-16)20(22)26)17-3-2-4-18(21)14-25(13-17)12-15-5-8-23-9-6-15/h5-11,17-18H,2-4,12-14H2,1H3,(H2,22,26)/t17-,18+,21?. The fourth-order valence-electron chi connectivity index (χ4n) is 5.13. The van der Waals surface area contributed by atoms with Crippen molar-refractivity contribution in [2.45, 2.75) is 31.4 Å². The minimum atomic E-state index is -0.497. The first kappa shape index (κ1) is 18.1. The summed E-state index contributed by atoms with van der Waals surface area (Å²) in [5.41, 5.74) is 7.72. The van der Waals surface area contributed by atoms with Crippen LogP contribution >= 0.6 is 0 Å². The molecule has 6 heteroatoms. The number of nitrogens with two attached hydrogens (primary N) is 1. The van der Waals surface area contributed by atoms with Crippen LogP contribution in [0.2, 0.25) is 0 Å². The van der Waals surface area contributed by atoms with E-state index in [4.69, 9.17) is 10.5 Å². The van der Waals surface area contributed by atoms with Crippen molar-refractivity contribution >= 4 is 5.91 Å². The molecule has 6 nitrogen and oxygen atoms in total. The highest BCUT2D eigenvalue weighted by atomic mass is 16.5. The molecule has 1 amide bonds. The number of ether oxygens (including phenoxy) is 1. The lowest BCUT2D eigenvalue weighted by Crippen LogP contribution is -2.58. The number of carbonyl (C=O) groups is 1. The maximum Gasteiger partial charge on any atom is 0.267 e. The van der Waals surface area contributed by atoms with Crippen LogP contribution in [-0.4, -0.2) is 41.0 Å². The van der Waals surface area contributed by atoms with Crippen LogP contribution in [0, 0.1) is 11.8 Å². The molecule has 1 saturated carbocycles. The maximum absolute atomic E-state index is 11.6. The van der Waals surface area contributed by atoms with Crippen LogP contribution in [0.25, 0.3) is 0 Å². The number of likely N-dealkylation sites (tertiary alicyclic amines) is 1. The van der Waals surface area contributed by atoms with Gasteiger partial charge in [-0.15, -0.1) is 0 Å². The van der Waals surface area contributed by atoms with Gasteiger partial charge in [-0.3, -0.25) is 19.7 Å². The van der Waals surface area contributed by atoms with Crippen LogP contribution in [0.3, 0.4) is 0 Å². The van der Waals surface area contributed by atoms with Gasteiger partial charge in [0.15, 0.2) is 0 Å². The predicted molar refractivity (Wildman–Crippen MR) is 102 cm³/mol. The molecule has 1 unspecified atom stereocenters. The second kappa shape index (κ2) is 7.37. The van der Waals surface area contributed by atoms with E-state index in [-0.39, 0.29) is 5.60 Å². The van der Waals surface area contributed by atoms with Crippen molar-refractivity contribution in [3.05, 3.63) is 59.7 Å². The lowest BCUT2D eigenvalue weighted by molar-refractivity contribution is -0.170. The monoisotopic (exact) mass is 366 g/mol. The average Bonchev–Trinajstić information content (AvgIpc) is 2.68. The van der Waals surface area contributed by atoms with E-state index in [1.165, 1.54) is 12.0 Å². The molecule has 2 fully saturated rings. The van der Waals surface area contributed by atoms with Crippen LogP contribution in [0.5, 0.6) is 0 Å². The smallest absolute Gasteiger partial charge is 0.267 e. The van der Waals surface area contributed by atoms with Crippen molar-refractivity contribution in [2.24, 2.45) is 17.6 Å². The zero-order valence-corrected chi connectivity index (χ0v) is 15.7. The molecule has 3 atom stereocenters. The predicted octanol–water partition coefficient (Wildman–Crippen LogP) is 2.35. The maximum atomic E-state index is 11.6. The van der Waals surface area contributed by atoms with Gasteiger partial charge in [-0.1, -0.05) is 6.42 Å². The Balaban J connectivity index is 1.64. The minimum absolute atomic E-state index is 0.307. The number of rotatable bonds is 5. The molecule has 142 valence electrons. The Hall–Kier alpha value is -2.31. The van der Waals surface area contributed by atoms with Crippen molar-refractivity contribution in [2.75, 3.05) is 20.2 Å². The van der Waals surface area contributed by atoms with Gasteiger partial charge < -0.3 is 10.5 Å². The summed E-state index contributed by atoms with van der Waals surface area (Å²) in [5, 5.41) is 0. The van der Waals surface area contributed by atoms with E-state index in [2.05, 4.69) is 27.0 Å². The third kappa shape index (κ3) is 3.24. The van der Waals surface area contributed by atoms with Gasteiger partial charge in [0.25, 0.3) is 5.91 Å². The number of primary amides is 1. The molecule has 1 aliphatic heterocycles. The van der Waals surface area contributed by atoms with Crippen molar-refractivity contribution < 1.29 is 9.53 Å². The third-order valence-electron chi connectivity index (χ3n) is 6.23. The number of hydrogen-bond acceptors (Lipinski definition) is 5. The molecule has 2 aliphatic rings. The minimum Gasteiger partial charge on any atom is -0.373 e. The first-order chi connectivity index (χ1) is 13.1. The Bertz CT molecular complexity index is 797. The van der Waals surface area contributed by atoms with Crippen molar-refractivity contribution in [3.63, 3.8) is 0 Å². The number of methoxy groups -OCH3 is 1. The van der Waals surface area contributed by atoms with Crippen LogP contribution in [0.4, 0.5) is 0 Å². The Kier molecular flexibility index (Phi) is 4.93. The normalized spacial score (nSPS) is 28.0. The van der Waals surface area contributed by atoms with Gasteiger partial charge in [0.05, 0.1) is 0 Å². The van der Waals surface area contributed by atoms with Gasteiger partial charge in [0.1, 0.15) is 11.3 Å². The quantitative estimate of drug-likeness (QED) is 0.878. The number of amides is 1. The zero-order chi connectivity index (χ0) is 18.9. The van der Waals surface area contributed by atoms with Crippen molar-refractivity contribution in [3.8, 4) is 0 Å². The van der Waals surface area contributed by atoms with E-state index < -0.39 is 5.91 Å². The molecule has 2 N–H and O–H groups in total. The highest BCUT2D eigenvalue weighted by Gasteiger charge is 2.53. The molecule has 2 aromatic rings. The average molecular weight is 366 g/mol. The number of fused-ring (bicyclic) bond motifs is 2. The van der Waals surface area contributed by atoms with E-state index in [9.17, 15) is 4.79 Å². The summed E-state index contributed by atoms with van der Waals surface area (Å²) < 4.78 is 6.25. The fourth-order valence-corrected chi connectivity index (χ4v) is 5.13. The number of nitrogens with zero attached hydrogens (tertiary/aromatic N) is 3. The number of piperidine rings is 1. The van der Waals surface area contributed by atoms with Crippen LogP contribution < -0.4 is 5.73 Å². The van der Waals surface area contributed by atoms with E-state index in [1.54, 1.807) is 13.3 Å². The van der Waals surface area contributed by atoms with Gasteiger partial charge in [-0.05, 0) is 48.2 Å². The molecular weight excluding hydrogens is 340 g/mol. The SMILES string of the molecule is COC1(c2ccnc(C(N)=O)c2)[C@@H]2CCC[C@H]1CN(Cc1ccncc1)C2. The molecular formula is C21H26N4O2. The van der Waals surface area contributed by atoms with Gasteiger partial charge >= 0.3 is 0 Å². The molecule has 3 heterocycles. The lowest BCUT2D eigenvalue weighted by atomic mass is 9.62. The summed E-state index contributed by atoms with van der Waals surface area (Å²) in [7, 11) is 1.80. The van der Waals surface area contributed by atoms with E-state index in [0.717, 1.165) is 38.0 Å². The van der Waals surface area contributed by atoms with Gasteiger partial charge in [0, 0.05) is 57.2 Å². The Labute approximate surface area is 159 Å². The summed E-state index contributed by atoms with van der Waals surface area (Å²) in [6.07, 6.45) is 8.83. The second-order valence-electron chi connectivity index (χ2n) is 7.67. The number of aromatic nitrogens is 2. The summed E-state index contributed by atoms with van der Waals surface area (Å²) in [4.78, 5) is 22.4. The molecule has 0 spiro atoms. The van der Waals surface area contributed by atoms with Gasteiger partial charge in [-0.25, -0.2) is 0 Å². The fraction of sp³-hybridized carbons (Fsp3) is 0.476. The van der Waals surface area contributed by atoms with E-state index >= 15 is 0 Å². The van der Waals surface area contributed by atoms with E-state index in [1.807, 2.05) is 24.5 Å². The Morgan fingerprint density at radius 2 is 1.93 bits per heavy atom. The molecule has 2 bridgehead atoms. The number of carbonyl (C=O) groups excluding carboxylic acids is 1. The molecule has 1 aliphatic carbocycles. The largest absolute Gasteiger partial charge is 0.373 e. The van der Waals surface area contributed by atoms with Crippen LogP contribution in [-0.2, 0) is 16.9 Å². The Morgan fingerprint density at radius 3 is 2.56 bits per heavy atom. The highest BCUT2D eigenvalue weighted by Crippen LogP contribution is 2.51. The number of hydrogen-bond donors (Lipinski definition) is 1. The summed E-state index contributed by atoms with van der Waals surface area (Å²) in [6.45, 7) is 2.87. The van der Waals surface area contributed by atoms with Gasteiger partial charge in [-0.2, -0.15) is 0 Å². The molecule has 4 rings (SSSR count). The van der Waals surface area contributed by atoms with Crippen molar-refractivity contribution in [1.29, 1.82) is 0 Å². The molecule has 1 saturated heterocycles. The first-order valence-corrected chi connectivity index (χ1v) is 9.56. The van der Waals surface area contributed by atoms with Crippen LogP contribution in [0.15, 0.2) is 42.9 Å². The molecule has 27 heavy (non-hydrogen) atoms. The molecule has 2 aromatic heterocycles. The Morgan fingerprint density at radius 1 is 1.22 bits per heavy atom. The lowest BCUT2D eigenvalue weighted by Gasteiger charge is -2.55. The third-order valence-corrected chi connectivity index (χ3v) is 6.23. The highest BCUT2D eigenvalue weighted by molar-refractivity contribution is 5.90. The molecule has 0 aromatic carbocycles. The summed E-state index contributed by atoms with van der Waals surface area (Å²) in [6, 6.07) is 7.97. The first-order valence-electron chi connectivity index (χ1n) is 9.56. The number of pyridine rings is 2.